The Morgan fingerprint density at radius 2 is 0.769 bits per heavy atom. The summed E-state index contributed by atoms with van der Waals surface area (Å²) in [6.07, 6.45) is 9.52. The molecule has 1 saturated carbocycles. The first-order chi connectivity index (χ1) is 64.5. The van der Waals surface area contributed by atoms with Gasteiger partial charge in [0.1, 0.15) is 45.3 Å². The fraction of sp³-hybridized carbons (Fsp3) is 0.316. The Hall–Kier alpha value is -15.2. The number of hydrogen-bond acceptors (Lipinski definition) is 25. The highest BCUT2D eigenvalue weighted by Gasteiger charge is 2.39. The first-order valence-corrected chi connectivity index (χ1v) is 44.6. The van der Waals surface area contributed by atoms with Crippen LogP contribution in [0, 0.1) is 10.1 Å². The van der Waals surface area contributed by atoms with Gasteiger partial charge < -0.3 is 92.2 Å². The standard InChI is InChI=1S/C24H28N6O2.C24H32N6O.C18H18F3N5O.C16H17N5O2.C16H19N5/c1-16(2)30-15-27-23-21(11-22(29-24(23)30)28-19(13-31)14-32)26-12-17-6-8-18(9-7-17)20-5-3-4-10-25-20;1-16(2)30-15-26-23-21(25-14-18-7-5-4-6-8-18)13-22(29-24(23)30)28-20-11-9-19(10-12-20)27-17(3)31;1-11(2)26-10-23-15-13(22-9-12-6-4-3-5-7-12)8-14(24-16(15)26)25-17(27)18(19,20)21;1-11(2)20-10-18-15-13(8-14(21(22)23)19-16(15)20)17-9-12-6-4-3-5-7-12;1-11(2)21-10-19-15-13(8-14(17)20-16(15)21)18-9-12-6-4-3-5-7-12/h3-11,15-16,19,31-32H,12-14H2,1-2H3,(H2,26,28,29);4-8,13,15-16,19-20H,9-12,14H2,1-3H3,(H,27,31)(H2,25,28,29);3-8,10-11H,9H2,1-2H3,(H2,22,24,25,27);3-8,10-11H,9H2,1-2H3,(H,17,19);3-8,10-11H,9H2,1-2H3,(H3,17,18,20). The molecule has 1 aliphatic carbocycles. The van der Waals surface area contributed by atoms with Gasteiger partial charge in [0.2, 0.25) is 5.91 Å². The van der Waals surface area contributed by atoms with Crippen molar-refractivity contribution in [3.05, 3.63) is 270 Å². The van der Waals surface area contributed by atoms with Gasteiger partial charge in [-0.05, 0) is 145 Å². The number of nitrogens with one attached hydrogen (secondary N) is 9. The van der Waals surface area contributed by atoms with E-state index >= 15 is 0 Å². The molecule has 2 amide bonds. The molecule has 0 unspecified atom stereocenters. The van der Waals surface area contributed by atoms with Crippen molar-refractivity contribution in [2.45, 2.75) is 189 Å². The number of imidazole rings is 5. The number of carbonyl (C=O) groups is 2. The molecule has 17 rings (SSSR count). The van der Waals surface area contributed by atoms with Crippen LogP contribution in [0.5, 0.6) is 0 Å². The second-order valence-electron chi connectivity index (χ2n) is 33.8. The topological polar surface area (TPSA) is 418 Å². The van der Waals surface area contributed by atoms with Crippen molar-refractivity contribution in [3.8, 4) is 11.3 Å². The fourth-order valence-corrected chi connectivity index (χ4v) is 15.0. The number of aromatic nitrogens is 16. The predicted molar refractivity (Wildman–Crippen MR) is 522 cm³/mol. The van der Waals surface area contributed by atoms with Crippen molar-refractivity contribution >= 4 is 125 Å². The fourth-order valence-electron chi connectivity index (χ4n) is 15.0. The number of fused-ring (bicyclic) bond motifs is 5. The molecule has 0 saturated heterocycles. The summed E-state index contributed by atoms with van der Waals surface area (Å²) in [7, 11) is 0. The zero-order valence-corrected chi connectivity index (χ0v) is 76.7. The maximum atomic E-state index is 12.6. The van der Waals surface area contributed by atoms with Crippen LogP contribution in [0.25, 0.3) is 67.1 Å². The summed E-state index contributed by atoms with van der Waals surface area (Å²) >= 11 is 0. The molecule has 33 nitrogen and oxygen atoms in total. The first-order valence-electron chi connectivity index (χ1n) is 44.6. The van der Waals surface area contributed by atoms with Crippen LogP contribution in [-0.4, -0.2) is 142 Å². The monoisotopic (exact) mass is 1820 g/mol. The third-order valence-corrected chi connectivity index (χ3v) is 22.1. The summed E-state index contributed by atoms with van der Waals surface area (Å²) < 4.78 is 47.5. The number of carbonyl (C=O) groups excluding carboxylic acids is 2. The van der Waals surface area contributed by atoms with Crippen molar-refractivity contribution in [3.63, 3.8) is 0 Å². The van der Waals surface area contributed by atoms with Gasteiger partial charge in [-0.25, -0.2) is 44.9 Å². The molecule has 0 aliphatic heterocycles. The molecule has 5 aromatic carbocycles. The maximum Gasteiger partial charge on any atom is 0.471 e. The Kier molecular flexibility index (Phi) is 32.4. The van der Waals surface area contributed by atoms with E-state index in [4.69, 9.17) is 10.7 Å². The van der Waals surface area contributed by atoms with Gasteiger partial charge in [-0.3, -0.25) is 19.1 Å². The van der Waals surface area contributed by atoms with Crippen LogP contribution in [0.15, 0.2) is 232 Å². The van der Waals surface area contributed by atoms with Crippen LogP contribution >= 0.6 is 0 Å². The molecule has 36 heteroatoms. The highest BCUT2D eigenvalue weighted by Crippen LogP contribution is 2.35. The van der Waals surface area contributed by atoms with Gasteiger partial charge in [-0.2, -0.15) is 13.2 Å². The lowest BCUT2D eigenvalue weighted by molar-refractivity contribution is -0.389. The van der Waals surface area contributed by atoms with Gasteiger partial charge >= 0.3 is 17.9 Å². The molecule has 11 aromatic heterocycles. The van der Waals surface area contributed by atoms with Crippen LogP contribution in [0.1, 0.15) is 160 Å². The van der Waals surface area contributed by atoms with Crippen molar-refractivity contribution in [1.82, 2.24) is 83.0 Å². The Bertz CT molecular complexity index is 6540. The van der Waals surface area contributed by atoms with E-state index in [0.29, 0.717) is 77.1 Å². The van der Waals surface area contributed by atoms with Gasteiger partial charge in [0.15, 0.2) is 28.1 Å². The minimum Gasteiger partial charge on any atom is -0.394 e. The normalized spacial score (nSPS) is 13.1. The first kappa shape index (κ1) is 96.4. The number of pyridine rings is 6. The third kappa shape index (κ3) is 25.3. The Morgan fingerprint density at radius 3 is 1.13 bits per heavy atom. The molecule has 134 heavy (non-hydrogen) atoms. The van der Waals surface area contributed by atoms with E-state index in [-0.39, 0.29) is 61.0 Å². The van der Waals surface area contributed by atoms with E-state index in [9.17, 15) is 43.1 Å². The number of halogens is 3. The summed E-state index contributed by atoms with van der Waals surface area (Å²) in [4.78, 5) is 82.4. The van der Waals surface area contributed by atoms with E-state index in [2.05, 4.69) is 205 Å². The number of nitrogen functional groups attached to an aromatic ring is 1. The lowest BCUT2D eigenvalue weighted by atomic mass is 9.91. The molecule has 16 aromatic rings. The van der Waals surface area contributed by atoms with Crippen LogP contribution < -0.4 is 53.6 Å². The zero-order chi connectivity index (χ0) is 95.1. The Morgan fingerprint density at radius 1 is 0.433 bits per heavy atom. The number of aliphatic hydroxyl groups is 2. The van der Waals surface area contributed by atoms with Gasteiger partial charge in [0, 0.05) is 118 Å². The molecule has 11 heterocycles. The number of nitrogens with zero attached hydrogens (tertiary/aromatic N) is 17. The molecule has 1 aliphatic rings. The van der Waals surface area contributed by atoms with E-state index in [1.54, 1.807) is 36.7 Å². The molecule has 0 radical (unpaired) electrons. The zero-order valence-electron chi connectivity index (χ0n) is 76.7. The second-order valence-corrected chi connectivity index (χ2v) is 33.8. The lowest BCUT2D eigenvalue weighted by Gasteiger charge is -2.29. The summed E-state index contributed by atoms with van der Waals surface area (Å²) in [6.45, 7) is 24.7. The minimum absolute atomic E-state index is 0.00181. The number of hydrogen-bond donors (Lipinski definition) is 12. The number of benzene rings is 5. The SMILES string of the molecule is CC(=O)NC1CCC(Nc2cc(NCc3ccccc3)c3ncn(C(C)C)c3n2)CC1.CC(C)n1cnc2c(NCc3ccc(-c4ccccn4)cc3)cc(NC(CO)CO)nc21.CC(C)n1cnc2c(NCc3ccccc3)cc(N)nc21.CC(C)n1cnc2c(NCc3ccccc3)cc(NC(=O)C(F)(F)F)nc21.CC(C)n1cnc2c(NCc3ccccc3)cc([N+](=O)[O-])nc21. The van der Waals surface area contributed by atoms with Gasteiger partial charge in [-0.15, -0.1) is 0 Å². The van der Waals surface area contributed by atoms with E-state index in [1.165, 1.54) is 23.3 Å². The average molecular weight is 1820 g/mol. The summed E-state index contributed by atoms with van der Waals surface area (Å²) in [5.74, 6) is -0.452. The van der Waals surface area contributed by atoms with E-state index in [1.807, 2.05) is 175 Å². The highest BCUT2D eigenvalue weighted by atomic mass is 19.4. The number of amides is 2. The van der Waals surface area contributed by atoms with E-state index in [0.717, 1.165) is 123 Å². The second kappa shape index (κ2) is 45.1. The van der Waals surface area contributed by atoms with Crippen molar-refractivity contribution in [2.75, 3.05) is 61.5 Å². The molecular formula is C98H114F3N27O6. The third-order valence-electron chi connectivity index (χ3n) is 22.1. The van der Waals surface area contributed by atoms with Crippen LogP contribution in [0.3, 0.4) is 0 Å². The minimum atomic E-state index is -4.99. The van der Waals surface area contributed by atoms with Gasteiger partial charge in [-0.1, -0.05) is 152 Å². The Labute approximate surface area is 773 Å². The molecule has 698 valence electrons. The Balaban J connectivity index is 0.000000143. The van der Waals surface area contributed by atoms with Crippen LogP contribution in [0.4, 0.5) is 70.7 Å². The number of anilines is 9. The molecule has 0 bridgehead atoms. The van der Waals surface area contributed by atoms with Crippen LogP contribution in [-0.2, 0) is 42.3 Å². The predicted octanol–water partition coefficient (Wildman–Crippen LogP) is 18.8. The number of rotatable bonds is 30. The highest BCUT2D eigenvalue weighted by molar-refractivity contribution is 5.97. The largest absolute Gasteiger partial charge is 0.471 e. The molecule has 13 N–H and O–H groups in total. The number of nitrogens with two attached hydrogens (primary N) is 1. The maximum absolute atomic E-state index is 12.6. The van der Waals surface area contributed by atoms with Crippen molar-refractivity contribution in [2.24, 2.45) is 0 Å². The molecular weight excluding hydrogens is 1710 g/mol. The summed E-state index contributed by atoms with van der Waals surface area (Å²) in [6, 6.07) is 63.7. The molecule has 1 fully saturated rings. The summed E-state index contributed by atoms with van der Waals surface area (Å²) in [5, 5.41) is 58.4. The number of aliphatic hydroxyl groups excluding tert-OH is 2. The molecule has 0 atom stereocenters. The lowest BCUT2D eigenvalue weighted by Crippen LogP contribution is -2.39. The molecule has 0 spiro atoms. The van der Waals surface area contributed by atoms with Crippen LogP contribution in [0.2, 0.25) is 0 Å². The number of nitro groups is 1. The average Bonchev–Trinajstić information content (AvgIpc) is 1.67. The van der Waals surface area contributed by atoms with Gasteiger partial charge in [0.25, 0.3) is 5.65 Å². The number of alkyl halides is 3. The van der Waals surface area contributed by atoms with Crippen molar-refractivity contribution < 1.29 is 37.9 Å². The summed E-state index contributed by atoms with van der Waals surface area (Å²) in [5.41, 5.74) is 24.5. The van der Waals surface area contributed by atoms with E-state index < -0.39 is 23.0 Å². The van der Waals surface area contributed by atoms with Gasteiger partial charge in [0.05, 0.1) is 91.1 Å². The smallest absolute Gasteiger partial charge is 0.394 e. The van der Waals surface area contributed by atoms with Crippen molar-refractivity contribution in [1.29, 1.82) is 0 Å². The quantitative estimate of drug-likeness (QED) is 0.0147.